The van der Waals surface area contributed by atoms with E-state index in [0.717, 1.165) is 10.7 Å². The number of aromatic nitrogens is 2. The highest BCUT2D eigenvalue weighted by Crippen LogP contribution is 2.30. The lowest BCUT2D eigenvalue weighted by atomic mass is 9.98. The lowest BCUT2D eigenvalue weighted by Gasteiger charge is -2.14. The fourth-order valence-electron chi connectivity index (χ4n) is 1.54. The summed E-state index contributed by atoms with van der Waals surface area (Å²) in [5, 5.41) is 9.64. The molecule has 0 aliphatic carbocycles. The second kappa shape index (κ2) is 4.84. The Morgan fingerprint density at radius 2 is 2.06 bits per heavy atom. The van der Waals surface area contributed by atoms with E-state index in [1.165, 1.54) is 5.01 Å². The van der Waals surface area contributed by atoms with E-state index in [1.807, 2.05) is 18.6 Å². The van der Waals surface area contributed by atoms with Crippen molar-refractivity contribution in [1.29, 1.82) is 0 Å². The Morgan fingerprint density at radius 3 is 2.53 bits per heavy atom. The van der Waals surface area contributed by atoms with Crippen LogP contribution in [0.15, 0.2) is 17.0 Å². The molecular formula is C12H17N3S2. The number of thiazole rings is 2. The van der Waals surface area contributed by atoms with Crippen molar-refractivity contribution in [3.05, 3.63) is 32.7 Å². The average molecular weight is 267 g/mol. The Labute approximate surface area is 110 Å². The first-order chi connectivity index (χ1) is 8.02. The Balaban J connectivity index is 2.30. The van der Waals surface area contributed by atoms with Gasteiger partial charge in [0, 0.05) is 22.4 Å². The van der Waals surface area contributed by atoms with Gasteiger partial charge in [-0.25, -0.2) is 9.97 Å². The standard InChI is InChI=1S/C12H17N3S2/c1-12(2,3)11-15-8(7-17-11)9(13-4)10-14-5-6-16-10/h5-7,9,13H,1-4H3. The van der Waals surface area contributed by atoms with Gasteiger partial charge in [0.2, 0.25) is 0 Å². The summed E-state index contributed by atoms with van der Waals surface area (Å²) in [7, 11) is 1.95. The molecule has 92 valence electrons. The maximum absolute atomic E-state index is 4.73. The van der Waals surface area contributed by atoms with E-state index < -0.39 is 0 Å². The van der Waals surface area contributed by atoms with Gasteiger partial charge in [-0.3, -0.25) is 0 Å². The van der Waals surface area contributed by atoms with E-state index in [9.17, 15) is 0 Å². The minimum Gasteiger partial charge on any atom is -0.306 e. The molecule has 5 heteroatoms. The number of hydrogen-bond acceptors (Lipinski definition) is 5. The summed E-state index contributed by atoms with van der Waals surface area (Å²) in [4.78, 5) is 9.09. The highest BCUT2D eigenvalue weighted by Gasteiger charge is 2.22. The number of nitrogens with zero attached hydrogens (tertiary/aromatic N) is 2. The maximum atomic E-state index is 4.73. The summed E-state index contributed by atoms with van der Waals surface area (Å²) >= 11 is 3.38. The van der Waals surface area contributed by atoms with Crippen LogP contribution >= 0.6 is 22.7 Å². The van der Waals surface area contributed by atoms with Gasteiger partial charge in [-0.1, -0.05) is 20.8 Å². The molecule has 2 rings (SSSR count). The van der Waals surface area contributed by atoms with E-state index in [2.05, 4.69) is 36.5 Å². The zero-order valence-corrected chi connectivity index (χ0v) is 12.2. The second-order valence-electron chi connectivity index (χ2n) is 4.92. The first-order valence-electron chi connectivity index (χ1n) is 5.55. The van der Waals surface area contributed by atoms with Crippen LogP contribution in [0, 0.1) is 0 Å². The molecule has 0 spiro atoms. The Hall–Kier alpha value is -0.780. The molecule has 1 N–H and O–H groups in total. The van der Waals surface area contributed by atoms with Crippen molar-refractivity contribution in [3.8, 4) is 0 Å². The van der Waals surface area contributed by atoms with E-state index in [1.54, 1.807) is 22.7 Å². The Morgan fingerprint density at radius 1 is 1.29 bits per heavy atom. The first kappa shape index (κ1) is 12.7. The first-order valence-corrected chi connectivity index (χ1v) is 7.31. The number of nitrogens with one attached hydrogen (secondary N) is 1. The minimum absolute atomic E-state index is 0.113. The van der Waals surface area contributed by atoms with E-state index in [-0.39, 0.29) is 11.5 Å². The van der Waals surface area contributed by atoms with Crippen LogP contribution in [0.5, 0.6) is 0 Å². The molecule has 0 amide bonds. The number of rotatable bonds is 3. The van der Waals surface area contributed by atoms with Crippen molar-refractivity contribution in [2.75, 3.05) is 7.05 Å². The predicted octanol–water partition coefficient (Wildman–Crippen LogP) is 3.21. The topological polar surface area (TPSA) is 37.8 Å². The van der Waals surface area contributed by atoms with Gasteiger partial charge in [-0.15, -0.1) is 22.7 Å². The van der Waals surface area contributed by atoms with Gasteiger partial charge < -0.3 is 5.32 Å². The van der Waals surface area contributed by atoms with Crippen molar-refractivity contribution in [3.63, 3.8) is 0 Å². The zero-order valence-electron chi connectivity index (χ0n) is 10.5. The average Bonchev–Trinajstić information content (AvgIpc) is 2.87. The molecule has 1 atom stereocenters. The zero-order chi connectivity index (χ0) is 12.5. The van der Waals surface area contributed by atoms with Crippen LogP contribution < -0.4 is 5.32 Å². The molecule has 0 radical (unpaired) electrons. The Bertz CT molecular complexity index is 468. The lowest BCUT2D eigenvalue weighted by Crippen LogP contribution is -2.18. The monoisotopic (exact) mass is 267 g/mol. The third-order valence-corrected chi connectivity index (χ3v) is 4.57. The van der Waals surface area contributed by atoms with Crippen molar-refractivity contribution in [2.24, 2.45) is 0 Å². The van der Waals surface area contributed by atoms with Gasteiger partial charge in [-0.05, 0) is 7.05 Å². The van der Waals surface area contributed by atoms with E-state index in [4.69, 9.17) is 4.98 Å². The molecule has 0 aromatic carbocycles. The van der Waals surface area contributed by atoms with Crippen LogP contribution in [0.25, 0.3) is 0 Å². The highest BCUT2D eigenvalue weighted by atomic mass is 32.1. The van der Waals surface area contributed by atoms with Crippen molar-refractivity contribution in [1.82, 2.24) is 15.3 Å². The van der Waals surface area contributed by atoms with Crippen LogP contribution in [0.1, 0.15) is 42.5 Å². The van der Waals surface area contributed by atoms with Crippen molar-refractivity contribution in [2.45, 2.75) is 32.2 Å². The molecule has 2 aromatic rings. The molecule has 0 saturated heterocycles. The molecule has 2 aromatic heterocycles. The van der Waals surface area contributed by atoms with E-state index in [0.29, 0.717) is 0 Å². The second-order valence-corrected chi connectivity index (χ2v) is 6.70. The van der Waals surface area contributed by atoms with Gasteiger partial charge in [0.1, 0.15) is 11.0 Å². The molecule has 0 aliphatic heterocycles. The summed E-state index contributed by atoms with van der Waals surface area (Å²) in [5.41, 5.74) is 1.18. The van der Waals surface area contributed by atoms with Crippen LogP contribution in [0.3, 0.4) is 0 Å². The Kier molecular flexibility index (Phi) is 3.61. The largest absolute Gasteiger partial charge is 0.306 e. The minimum atomic E-state index is 0.113. The molecule has 1 unspecified atom stereocenters. The van der Waals surface area contributed by atoms with Crippen molar-refractivity contribution < 1.29 is 0 Å². The molecule has 0 saturated carbocycles. The van der Waals surface area contributed by atoms with E-state index >= 15 is 0 Å². The summed E-state index contributed by atoms with van der Waals surface area (Å²) in [6.45, 7) is 6.56. The van der Waals surface area contributed by atoms with Crippen molar-refractivity contribution >= 4 is 22.7 Å². The molecule has 0 bridgehead atoms. The summed E-state index contributed by atoms with van der Waals surface area (Å²) in [6.07, 6.45) is 1.83. The summed E-state index contributed by atoms with van der Waals surface area (Å²) in [6, 6.07) is 0.113. The van der Waals surface area contributed by atoms with Gasteiger partial charge in [-0.2, -0.15) is 0 Å². The molecule has 3 nitrogen and oxygen atoms in total. The molecule has 17 heavy (non-hydrogen) atoms. The lowest BCUT2D eigenvalue weighted by molar-refractivity contribution is 0.576. The van der Waals surface area contributed by atoms with Gasteiger partial charge in [0.05, 0.1) is 10.7 Å². The van der Waals surface area contributed by atoms with Crippen LogP contribution in [0.2, 0.25) is 0 Å². The smallest absolute Gasteiger partial charge is 0.116 e. The SMILES string of the molecule is CNC(c1csc(C(C)(C)C)n1)c1nccs1. The summed E-state index contributed by atoms with van der Waals surface area (Å²) < 4.78 is 0. The highest BCUT2D eigenvalue weighted by molar-refractivity contribution is 7.10. The fourth-order valence-corrected chi connectivity index (χ4v) is 3.23. The maximum Gasteiger partial charge on any atom is 0.116 e. The normalized spacial score (nSPS) is 13.9. The molecule has 0 fully saturated rings. The van der Waals surface area contributed by atoms with Crippen LogP contribution in [-0.4, -0.2) is 17.0 Å². The molecular weight excluding hydrogens is 250 g/mol. The van der Waals surface area contributed by atoms with Crippen LogP contribution in [-0.2, 0) is 5.41 Å². The number of hydrogen-bond donors (Lipinski definition) is 1. The predicted molar refractivity (Wildman–Crippen MR) is 73.8 cm³/mol. The third kappa shape index (κ3) is 2.73. The molecule has 2 heterocycles. The van der Waals surface area contributed by atoms with Gasteiger partial charge in [0.15, 0.2) is 0 Å². The quantitative estimate of drug-likeness (QED) is 0.928. The fraction of sp³-hybridized carbons (Fsp3) is 0.500. The summed E-state index contributed by atoms with van der Waals surface area (Å²) in [5.74, 6) is 0. The molecule has 0 aliphatic rings. The van der Waals surface area contributed by atoms with Crippen LogP contribution in [0.4, 0.5) is 0 Å². The third-order valence-electron chi connectivity index (χ3n) is 2.45. The van der Waals surface area contributed by atoms with Gasteiger partial charge >= 0.3 is 0 Å². The van der Waals surface area contributed by atoms with Gasteiger partial charge in [0.25, 0.3) is 0 Å².